The molecule has 3 aromatic carbocycles. The summed E-state index contributed by atoms with van der Waals surface area (Å²) in [7, 11) is 0. The number of aromatic nitrogens is 1. The molecule has 0 radical (unpaired) electrons. The number of nitrogens with zero attached hydrogens (tertiary/aromatic N) is 2. The normalized spacial score (nSPS) is 10.8. The summed E-state index contributed by atoms with van der Waals surface area (Å²) in [6.45, 7) is 4.08. The summed E-state index contributed by atoms with van der Waals surface area (Å²) < 4.78 is 0. The fourth-order valence-corrected chi connectivity index (χ4v) is 3.82. The second kappa shape index (κ2) is 10.6. The Kier molecular flexibility index (Phi) is 7.13. The van der Waals surface area contributed by atoms with E-state index in [1.165, 1.54) is 18.4 Å². The van der Waals surface area contributed by atoms with E-state index in [2.05, 4.69) is 46.4 Å². The second-order valence-corrected chi connectivity index (χ2v) is 8.03. The van der Waals surface area contributed by atoms with Gasteiger partial charge in [0.15, 0.2) is 0 Å². The monoisotopic (exact) mass is 423 g/mol. The summed E-state index contributed by atoms with van der Waals surface area (Å²) in [6, 6.07) is 28.2. The third-order valence-electron chi connectivity index (χ3n) is 5.59. The van der Waals surface area contributed by atoms with Gasteiger partial charge in [-0.15, -0.1) is 0 Å². The van der Waals surface area contributed by atoms with Gasteiger partial charge in [0.05, 0.1) is 17.4 Å². The van der Waals surface area contributed by atoms with Gasteiger partial charge in [-0.2, -0.15) is 0 Å². The zero-order valence-electron chi connectivity index (χ0n) is 18.5. The maximum atomic E-state index is 12.8. The molecule has 1 aromatic heterocycles. The Balaban J connectivity index is 1.46. The number of hydrogen-bond acceptors (Lipinski definition) is 3. The standard InChI is InChI=1S/C28H29N3O/c1-2-3-9-18-31(21-22-10-5-4-6-11-22)26-16-14-23(15-17-26)28(32)30-25-19-24-12-7-8-13-27(24)29-20-25/h4-8,10-17,19-20H,2-3,9,18,21H2,1H3,(H,30,32). The van der Waals surface area contributed by atoms with E-state index >= 15 is 0 Å². The van der Waals surface area contributed by atoms with Crippen molar-refractivity contribution in [2.75, 3.05) is 16.8 Å². The van der Waals surface area contributed by atoms with Gasteiger partial charge in [0.1, 0.15) is 0 Å². The molecule has 0 unspecified atom stereocenters. The van der Waals surface area contributed by atoms with E-state index in [9.17, 15) is 4.79 Å². The topological polar surface area (TPSA) is 45.2 Å². The van der Waals surface area contributed by atoms with Gasteiger partial charge in [0.25, 0.3) is 5.91 Å². The third kappa shape index (κ3) is 5.52. The van der Waals surface area contributed by atoms with E-state index in [-0.39, 0.29) is 5.91 Å². The van der Waals surface area contributed by atoms with Gasteiger partial charge in [-0.05, 0) is 48.4 Å². The SMILES string of the molecule is CCCCCN(Cc1ccccc1)c1ccc(C(=O)Nc2cnc3ccccc3c2)cc1. The number of nitrogens with one attached hydrogen (secondary N) is 1. The molecule has 0 fully saturated rings. The van der Waals surface area contributed by atoms with Gasteiger partial charge in [0.2, 0.25) is 0 Å². The van der Waals surface area contributed by atoms with Crippen LogP contribution in [-0.2, 0) is 6.54 Å². The lowest BCUT2D eigenvalue weighted by molar-refractivity contribution is 0.102. The lowest BCUT2D eigenvalue weighted by Gasteiger charge is -2.25. The number of benzene rings is 3. The number of amides is 1. The molecule has 1 N–H and O–H groups in total. The number of carbonyl (C=O) groups excluding carboxylic acids is 1. The van der Waals surface area contributed by atoms with Crippen LogP contribution in [0.4, 0.5) is 11.4 Å². The Bertz CT molecular complexity index is 1160. The van der Waals surface area contributed by atoms with Gasteiger partial charge in [-0.3, -0.25) is 9.78 Å². The van der Waals surface area contributed by atoms with Crippen LogP contribution < -0.4 is 10.2 Å². The molecule has 162 valence electrons. The van der Waals surface area contributed by atoms with E-state index in [0.717, 1.165) is 36.1 Å². The van der Waals surface area contributed by atoms with E-state index in [4.69, 9.17) is 0 Å². The summed E-state index contributed by atoms with van der Waals surface area (Å²) in [5.74, 6) is -0.130. The molecule has 4 nitrogen and oxygen atoms in total. The Labute approximate surface area is 189 Å². The van der Waals surface area contributed by atoms with Crippen LogP contribution in [0.15, 0.2) is 91.1 Å². The van der Waals surface area contributed by atoms with Crippen LogP contribution in [-0.4, -0.2) is 17.4 Å². The third-order valence-corrected chi connectivity index (χ3v) is 5.59. The number of rotatable bonds is 9. The molecule has 0 saturated carbocycles. The fraction of sp³-hybridized carbons (Fsp3) is 0.214. The number of carbonyl (C=O) groups is 1. The number of para-hydroxylation sites is 1. The van der Waals surface area contributed by atoms with E-state index in [0.29, 0.717) is 11.3 Å². The second-order valence-electron chi connectivity index (χ2n) is 8.03. The van der Waals surface area contributed by atoms with Crippen molar-refractivity contribution < 1.29 is 4.79 Å². The van der Waals surface area contributed by atoms with Crippen molar-refractivity contribution in [3.8, 4) is 0 Å². The zero-order chi connectivity index (χ0) is 22.2. The van der Waals surface area contributed by atoms with Crippen LogP contribution in [0.1, 0.15) is 42.1 Å². The molecule has 0 aliphatic heterocycles. The molecule has 32 heavy (non-hydrogen) atoms. The van der Waals surface area contributed by atoms with Crippen molar-refractivity contribution in [2.24, 2.45) is 0 Å². The summed E-state index contributed by atoms with van der Waals surface area (Å²) in [4.78, 5) is 19.6. The molecule has 0 aliphatic rings. The van der Waals surface area contributed by atoms with Crippen molar-refractivity contribution in [3.05, 3.63) is 102 Å². The average Bonchev–Trinajstić information content (AvgIpc) is 2.84. The summed E-state index contributed by atoms with van der Waals surface area (Å²) in [5.41, 5.74) is 4.66. The first kappa shape index (κ1) is 21.6. The Morgan fingerprint density at radius 3 is 2.44 bits per heavy atom. The Hall–Kier alpha value is -3.66. The van der Waals surface area contributed by atoms with Crippen LogP contribution >= 0.6 is 0 Å². The molecule has 0 atom stereocenters. The van der Waals surface area contributed by atoms with E-state index in [1.54, 1.807) is 6.20 Å². The highest BCUT2D eigenvalue weighted by Gasteiger charge is 2.11. The van der Waals surface area contributed by atoms with Gasteiger partial charge in [-0.1, -0.05) is 68.3 Å². The average molecular weight is 424 g/mol. The summed E-state index contributed by atoms with van der Waals surface area (Å²) >= 11 is 0. The van der Waals surface area contributed by atoms with Crippen LogP contribution in [0.3, 0.4) is 0 Å². The van der Waals surface area contributed by atoms with Crippen LogP contribution in [0, 0.1) is 0 Å². The number of unbranched alkanes of at least 4 members (excludes halogenated alkanes) is 2. The fourth-order valence-electron chi connectivity index (χ4n) is 3.82. The van der Waals surface area contributed by atoms with Crippen molar-refractivity contribution in [1.29, 1.82) is 0 Å². The molecule has 0 spiro atoms. The predicted octanol–water partition coefficient (Wildman–Crippen LogP) is 6.68. The van der Waals surface area contributed by atoms with Gasteiger partial charge < -0.3 is 10.2 Å². The molecular formula is C28H29N3O. The molecular weight excluding hydrogens is 394 g/mol. The van der Waals surface area contributed by atoms with Gasteiger partial charge >= 0.3 is 0 Å². The molecule has 0 aliphatic carbocycles. The zero-order valence-corrected chi connectivity index (χ0v) is 18.5. The Morgan fingerprint density at radius 1 is 0.906 bits per heavy atom. The number of pyridine rings is 1. The molecule has 1 amide bonds. The Morgan fingerprint density at radius 2 is 1.66 bits per heavy atom. The van der Waals surface area contributed by atoms with Crippen LogP contribution in [0.5, 0.6) is 0 Å². The van der Waals surface area contributed by atoms with Crippen LogP contribution in [0.25, 0.3) is 10.9 Å². The first-order valence-electron chi connectivity index (χ1n) is 11.3. The predicted molar refractivity (Wildman–Crippen MR) is 133 cm³/mol. The molecule has 4 rings (SSSR count). The highest BCUT2D eigenvalue weighted by Crippen LogP contribution is 2.21. The largest absolute Gasteiger partial charge is 0.367 e. The summed E-state index contributed by atoms with van der Waals surface area (Å²) in [6.07, 6.45) is 5.26. The highest BCUT2D eigenvalue weighted by atomic mass is 16.1. The molecule has 0 bridgehead atoms. The maximum Gasteiger partial charge on any atom is 0.255 e. The first-order chi connectivity index (χ1) is 15.7. The van der Waals surface area contributed by atoms with Gasteiger partial charge in [-0.25, -0.2) is 0 Å². The lowest BCUT2D eigenvalue weighted by atomic mass is 10.1. The highest BCUT2D eigenvalue weighted by molar-refractivity contribution is 6.05. The van der Waals surface area contributed by atoms with Crippen molar-refractivity contribution >= 4 is 28.2 Å². The van der Waals surface area contributed by atoms with E-state index in [1.807, 2.05) is 60.7 Å². The van der Waals surface area contributed by atoms with Crippen molar-refractivity contribution in [3.63, 3.8) is 0 Å². The van der Waals surface area contributed by atoms with E-state index < -0.39 is 0 Å². The summed E-state index contributed by atoms with van der Waals surface area (Å²) in [5, 5.41) is 3.97. The molecule has 1 heterocycles. The van der Waals surface area contributed by atoms with Crippen molar-refractivity contribution in [2.45, 2.75) is 32.7 Å². The smallest absolute Gasteiger partial charge is 0.255 e. The minimum absolute atomic E-state index is 0.130. The maximum absolute atomic E-state index is 12.8. The quantitative estimate of drug-likeness (QED) is 0.305. The van der Waals surface area contributed by atoms with Crippen LogP contribution in [0.2, 0.25) is 0 Å². The first-order valence-corrected chi connectivity index (χ1v) is 11.3. The number of hydrogen-bond donors (Lipinski definition) is 1. The molecule has 4 aromatic rings. The lowest BCUT2D eigenvalue weighted by Crippen LogP contribution is -2.24. The minimum Gasteiger partial charge on any atom is -0.367 e. The van der Waals surface area contributed by atoms with Gasteiger partial charge in [0, 0.05) is 29.7 Å². The number of anilines is 2. The molecule has 4 heteroatoms. The minimum atomic E-state index is -0.130. The van der Waals surface area contributed by atoms with Crippen molar-refractivity contribution in [1.82, 2.24) is 4.98 Å². The molecule has 0 saturated heterocycles. The number of fused-ring (bicyclic) bond motifs is 1.